The van der Waals surface area contributed by atoms with Gasteiger partial charge in [0.05, 0.1) is 23.6 Å². The first kappa shape index (κ1) is 23.1. The fraction of sp³-hybridized carbons (Fsp3) is 0.481. The van der Waals surface area contributed by atoms with Crippen LogP contribution in [0.5, 0.6) is 11.5 Å². The van der Waals surface area contributed by atoms with Crippen LogP contribution in [-0.2, 0) is 15.0 Å². The number of ether oxygens (including phenoxy) is 2. The number of hydrogen-bond acceptors (Lipinski definition) is 4. The molecule has 2 amide bonds. The van der Waals surface area contributed by atoms with Crippen molar-refractivity contribution < 1.29 is 19.1 Å². The number of anilines is 2. The molecule has 33 heavy (non-hydrogen) atoms. The van der Waals surface area contributed by atoms with E-state index < -0.39 is 10.8 Å². The van der Waals surface area contributed by atoms with Crippen LogP contribution in [0.2, 0.25) is 0 Å². The lowest BCUT2D eigenvalue weighted by atomic mass is 9.92. The number of benzene rings is 2. The van der Waals surface area contributed by atoms with Crippen molar-refractivity contribution in [3.8, 4) is 11.5 Å². The second kappa shape index (κ2) is 8.73. The first-order valence-corrected chi connectivity index (χ1v) is 11.7. The topological polar surface area (TPSA) is 67.9 Å². The van der Waals surface area contributed by atoms with Crippen molar-refractivity contribution in [3.63, 3.8) is 0 Å². The van der Waals surface area contributed by atoms with Gasteiger partial charge in [0.2, 0.25) is 11.8 Å². The third kappa shape index (κ3) is 4.43. The highest BCUT2D eigenvalue weighted by Gasteiger charge is 2.53. The molecule has 1 heterocycles. The van der Waals surface area contributed by atoms with E-state index in [9.17, 15) is 9.59 Å². The largest absolute Gasteiger partial charge is 0.496 e. The number of amides is 2. The Morgan fingerprint density at radius 1 is 1.18 bits per heavy atom. The van der Waals surface area contributed by atoms with Crippen LogP contribution in [0.15, 0.2) is 42.5 Å². The summed E-state index contributed by atoms with van der Waals surface area (Å²) in [6.45, 7) is 9.06. The number of para-hydroxylation sites is 1. The predicted molar refractivity (Wildman–Crippen MR) is 130 cm³/mol. The van der Waals surface area contributed by atoms with E-state index in [1.54, 1.807) is 7.11 Å². The zero-order chi connectivity index (χ0) is 23.8. The second-order valence-corrected chi connectivity index (χ2v) is 10.2. The summed E-state index contributed by atoms with van der Waals surface area (Å²) in [5.74, 6) is 1.85. The summed E-state index contributed by atoms with van der Waals surface area (Å²) in [5.41, 5.74) is 1.15. The summed E-state index contributed by atoms with van der Waals surface area (Å²) in [4.78, 5) is 28.4. The highest BCUT2D eigenvalue weighted by atomic mass is 16.5. The molecule has 1 N–H and O–H groups in total. The van der Waals surface area contributed by atoms with Crippen molar-refractivity contribution in [2.75, 3.05) is 30.5 Å². The standard InChI is InChI=1S/C27H34N2O4/c1-18(2)12-15-29-21-11-10-19(16-23(21)33-17-26(3,4)25(29)31)28-24(30)27(13-14-27)20-8-6-7-9-22(20)32-5/h6-11,16,18H,12-15,17H2,1-5H3,(H,28,30). The molecular weight excluding hydrogens is 416 g/mol. The molecule has 4 rings (SSSR count). The van der Waals surface area contributed by atoms with E-state index in [-0.39, 0.29) is 11.8 Å². The fourth-order valence-electron chi connectivity index (χ4n) is 4.37. The Labute approximate surface area is 196 Å². The van der Waals surface area contributed by atoms with E-state index in [2.05, 4.69) is 19.2 Å². The monoisotopic (exact) mass is 450 g/mol. The van der Waals surface area contributed by atoms with Crippen LogP contribution in [0.1, 0.15) is 52.5 Å². The average Bonchev–Trinajstić information content (AvgIpc) is 3.60. The number of nitrogens with one attached hydrogen (secondary N) is 1. The molecular formula is C27H34N2O4. The Morgan fingerprint density at radius 2 is 1.91 bits per heavy atom. The van der Waals surface area contributed by atoms with Gasteiger partial charge in [-0.15, -0.1) is 0 Å². The first-order valence-electron chi connectivity index (χ1n) is 11.7. The molecule has 0 atom stereocenters. The van der Waals surface area contributed by atoms with Crippen molar-refractivity contribution in [2.45, 2.75) is 52.4 Å². The molecule has 1 fully saturated rings. The molecule has 1 aliphatic carbocycles. The minimum atomic E-state index is -0.624. The minimum absolute atomic E-state index is 0.0476. The second-order valence-electron chi connectivity index (χ2n) is 10.2. The summed E-state index contributed by atoms with van der Waals surface area (Å²) in [6, 6.07) is 13.3. The van der Waals surface area contributed by atoms with Gasteiger partial charge < -0.3 is 19.7 Å². The van der Waals surface area contributed by atoms with Gasteiger partial charge in [-0.25, -0.2) is 0 Å². The average molecular weight is 451 g/mol. The summed E-state index contributed by atoms with van der Waals surface area (Å²) in [5, 5.41) is 3.08. The maximum Gasteiger partial charge on any atom is 0.236 e. The van der Waals surface area contributed by atoms with Crippen LogP contribution in [0.4, 0.5) is 11.4 Å². The Hall–Kier alpha value is -3.02. The molecule has 0 saturated heterocycles. The lowest BCUT2D eigenvalue weighted by Gasteiger charge is -2.28. The molecule has 0 spiro atoms. The molecule has 0 unspecified atom stereocenters. The van der Waals surface area contributed by atoms with Crippen molar-refractivity contribution in [1.82, 2.24) is 0 Å². The number of nitrogens with zero attached hydrogens (tertiary/aromatic N) is 1. The summed E-state index contributed by atoms with van der Waals surface area (Å²) >= 11 is 0. The Bertz CT molecular complexity index is 1060. The van der Waals surface area contributed by atoms with Crippen LogP contribution in [-0.4, -0.2) is 32.1 Å². The molecule has 2 aromatic carbocycles. The summed E-state index contributed by atoms with van der Waals surface area (Å²) < 4.78 is 11.6. The third-order valence-electron chi connectivity index (χ3n) is 6.66. The van der Waals surface area contributed by atoms with Crippen LogP contribution < -0.4 is 19.7 Å². The van der Waals surface area contributed by atoms with Gasteiger partial charge in [-0.05, 0) is 57.2 Å². The lowest BCUT2D eigenvalue weighted by molar-refractivity contribution is -0.127. The summed E-state index contributed by atoms with van der Waals surface area (Å²) in [6.07, 6.45) is 2.47. The van der Waals surface area contributed by atoms with Crippen molar-refractivity contribution in [3.05, 3.63) is 48.0 Å². The van der Waals surface area contributed by atoms with Crippen LogP contribution in [0.25, 0.3) is 0 Å². The van der Waals surface area contributed by atoms with Crippen LogP contribution >= 0.6 is 0 Å². The van der Waals surface area contributed by atoms with Crippen LogP contribution in [0, 0.1) is 11.3 Å². The predicted octanol–water partition coefficient (Wildman–Crippen LogP) is 5.16. The Kier molecular flexibility index (Phi) is 6.12. The number of hydrogen-bond donors (Lipinski definition) is 1. The molecule has 0 radical (unpaired) electrons. The number of fused-ring (bicyclic) bond motifs is 1. The maximum absolute atomic E-state index is 13.3. The van der Waals surface area contributed by atoms with Gasteiger partial charge >= 0.3 is 0 Å². The fourth-order valence-corrected chi connectivity index (χ4v) is 4.37. The third-order valence-corrected chi connectivity index (χ3v) is 6.66. The Balaban J connectivity index is 1.60. The van der Waals surface area contributed by atoms with Crippen molar-refractivity contribution in [2.24, 2.45) is 11.3 Å². The molecule has 2 aromatic rings. The number of methoxy groups -OCH3 is 1. The van der Waals surface area contributed by atoms with Gasteiger partial charge in [0, 0.05) is 23.9 Å². The van der Waals surface area contributed by atoms with E-state index >= 15 is 0 Å². The zero-order valence-electron chi connectivity index (χ0n) is 20.2. The zero-order valence-corrected chi connectivity index (χ0v) is 20.2. The number of rotatable bonds is 7. The molecule has 0 aromatic heterocycles. The van der Waals surface area contributed by atoms with Gasteiger partial charge in [0.25, 0.3) is 0 Å². The molecule has 176 valence electrons. The van der Waals surface area contributed by atoms with E-state index in [1.807, 2.05) is 61.2 Å². The molecule has 6 heteroatoms. The van der Waals surface area contributed by atoms with Crippen molar-refractivity contribution >= 4 is 23.2 Å². The van der Waals surface area contributed by atoms with Crippen molar-refractivity contribution in [1.29, 1.82) is 0 Å². The molecule has 0 bridgehead atoms. The number of carbonyl (C=O) groups is 2. The van der Waals surface area contributed by atoms with Gasteiger partial charge in [-0.1, -0.05) is 32.0 Å². The van der Waals surface area contributed by atoms with E-state index in [1.165, 1.54) is 0 Å². The lowest BCUT2D eigenvalue weighted by Crippen LogP contribution is -2.42. The molecule has 1 saturated carbocycles. The SMILES string of the molecule is COc1ccccc1C1(C(=O)Nc2ccc3c(c2)OCC(C)(C)C(=O)N3CCC(C)C)CC1. The minimum Gasteiger partial charge on any atom is -0.496 e. The molecule has 6 nitrogen and oxygen atoms in total. The first-order chi connectivity index (χ1) is 15.7. The highest BCUT2D eigenvalue weighted by molar-refractivity contribution is 6.03. The maximum atomic E-state index is 13.3. The van der Waals surface area contributed by atoms with E-state index in [0.717, 1.165) is 36.3 Å². The number of carbonyl (C=O) groups excluding carboxylic acids is 2. The summed E-state index contributed by atoms with van der Waals surface area (Å²) in [7, 11) is 1.63. The normalized spacial score (nSPS) is 18.2. The van der Waals surface area contributed by atoms with Gasteiger partial charge in [-0.2, -0.15) is 0 Å². The highest BCUT2D eigenvalue weighted by Crippen LogP contribution is 2.52. The van der Waals surface area contributed by atoms with E-state index in [4.69, 9.17) is 9.47 Å². The van der Waals surface area contributed by atoms with Gasteiger partial charge in [0.15, 0.2) is 0 Å². The van der Waals surface area contributed by atoms with E-state index in [0.29, 0.717) is 30.5 Å². The molecule has 2 aliphatic rings. The Morgan fingerprint density at radius 3 is 2.58 bits per heavy atom. The smallest absolute Gasteiger partial charge is 0.236 e. The van der Waals surface area contributed by atoms with Gasteiger partial charge in [0.1, 0.15) is 18.1 Å². The van der Waals surface area contributed by atoms with Crippen LogP contribution in [0.3, 0.4) is 0 Å². The quantitative estimate of drug-likeness (QED) is 0.632. The molecule has 1 aliphatic heterocycles. The van der Waals surface area contributed by atoms with Gasteiger partial charge in [-0.3, -0.25) is 9.59 Å².